The third-order valence-electron chi connectivity index (χ3n) is 4.61. The van der Waals surface area contributed by atoms with Crippen molar-refractivity contribution in [1.29, 1.82) is 0 Å². The number of ketones is 1. The molecule has 0 aliphatic carbocycles. The van der Waals surface area contributed by atoms with E-state index in [0.717, 1.165) is 39.7 Å². The molecule has 2 aliphatic rings. The number of hydrogen-bond acceptors (Lipinski definition) is 3. The van der Waals surface area contributed by atoms with Crippen molar-refractivity contribution in [3.63, 3.8) is 0 Å². The minimum absolute atomic E-state index is 0.229. The van der Waals surface area contributed by atoms with E-state index in [1.165, 1.54) is 12.8 Å². The first-order valence-electron chi connectivity index (χ1n) is 7.33. The molecule has 102 valence electrons. The van der Waals surface area contributed by atoms with E-state index >= 15 is 0 Å². The minimum Gasteiger partial charge on any atom is -0.294 e. The molecule has 20 heavy (non-hydrogen) atoms. The van der Waals surface area contributed by atoms with Gasteiger partial charge in [-0.05, 0) is 37.1 Å². The van der Waals surface area contributed by atoms with Crippen molar-refractivity contribution in [3.05, 3.63) is 42.2 Å². The fourth-order valence-electron chi connectivity index (χ4n) is 3.63. The van der Waals surface area contributed by atoms with Gasteiger partial charge in [0.05, 0.1) is 0 Å². The summed E-state index contributed by atoms with van der Waals surface area (Å²) in [5.74, 6) is 0.575. The van der Waals surface area contributed by atoms with Crippen molar-refractivity contribution in [2.24, 2.45) is 5.92 Å². The summed E-state index contributed by atoms with van der Waals surface area (Å²) in [4.78, 5) is 17.0. The normalized spacial score (nSPS) is 28.7. The number of nitrogens with zero attached hydrogens (tertiary/aromatic N) is 1. The molecule has 1 aromatic carbocycles. The van der Waals surface area contributed by atoms with E-state index < -0.39 is 0 Å². The molecular formula is C17H17NOS. The van der Waals surface area contributed by atoms with Gasteiger partial charge in [-0.1, -0.05) is 18.2 Å². The Morgan fingerprint density at radius 1 is 1.15 bits per heavy atom. The predicted molar refractivity (Wildman–Crippen MR) is 83.2 cm³/mol. The maximum absolute atomic E-state index is 12.9. The minimum atomic E-state index is 0.229. The Labute approximate surface area is 123 Å². The van der Waals surface area contributed by atoms with Crippen LogP contribution >= 0.6 is 11.8 Å². The highest BCUT2D eigenvalue weighted by Crippen LogP contribution is 2.46. The summed E-state index contributed by atoms with van der Waals surface area (Å²) < 4.78 is 0. The number of aromatic nitrogens is 1. The fraction of sp³-hybridized carbons (Fsp3) is 0.412. The Bertz CT molecular complexity index is 652. The number of Topliss-reactive ketones (excluding diaryl/α,β-unsaturated/α-hetero) is 1. The molecule has 2 atom stereocenters. The molecule has 0 radical (unpaired) electrons. The van der Waals surface area contributed by atoms with Crippen LogP contribution in [-0.2, 0) is 0 Å². The maximum Gasteiger partial charge on any atom is 0.166 e. The summed E-state index contributed by atoms with van der Waals surface area (Å²) in [5, 5.41) is 3.56. The Balaban J connectivity index is 1.70. The first-order chi connectivity index (χ1) is 9.81. The van der Waals surface area contributed by atoms with E-state index in [4.69, 9.17) is 0 Å². The van der Waals surface area contributed by atoms with E-state index in [-0.39, 0.29) is 5.92 Å². The van der Waals surface area contributed by atoms with Crippen LogP contribution in [0.3, 0.4) is 0 Å². The van der Waals surface area contributed by atoms with Crippen molar-refractivity contribution < 1.29 is 4.79 Å². The number of thioether (sulfide) groups is 1. The zero-order valence-electron chi connectivity index (χ0n) is 11.3. The number of hydrogen-bond donors (Lipinski definition) is 0. The Morgan fingerprint density at radius 3 is 2.75 bits per heavy atom. The number of carbonyl (C=O) groups is 1. The van der Waals surface area contributed by atoms with Crippen LogP contribution in [0.4, 0.5) is 0 Å². The van der Waals surface area contributed by atoms with Crippen LogP contribution in [-0.4, -0.2) is 21.3 Å². The van der Waals surface area contributed by atoms with E-state index in [2.05, 4.69) is 16.7 Å². The number of benzene rings is 1. The SMILES string of the molecule is O=C(c1cccc2cnccc12)C1CC2CCC(C1)S2. The van der Waals surface area contributed by atoms with Gasteiger partial charge in [0, 0.05) is 39.8 Å². The zero-order valence-corrected chi connectivity index (χ0v) is 12.1. The smallest absolute Gasteiger partial charge is 0.166 e. The van der Waals surface area contributed by atoms with Crippen LogP contribution in [0.15, 0.2) is 36.7 Å². The van der Waals surface area contributed by atoms with Crippen molar-refractivity contribution in [3.8, 4) is 0 Å². The van der Waals surface area contributed by atoms with Crippen LogP contribution < -0.4 is 0 Å². The van der Waals surface area contributed by atoms with Crippen molar-refractivity contribution in [1.82, 2.24) is 4.98 Å². The van der Waals surface area contributed by atoms with Crippen LogP contribution in [0.25, 0.3) is 10.8 Å². The molecule has 0 N–H and O–H groups in total. The molecule has 3 heterocycles. The average molecular weight is 283 g/mol. The third-order valence-corrected chi connectivity index (χ3v) is 6.23. The topological polar surface area (TPSA) is 30.0 Å². The summed E-state index contributed by atoms with van der Waals surface area (Å²) in [7, 11) is 0. The largest absolute Gasteiger partial charge is 0.294 e. The second kappa shape index (κ2) is 4.88. The van der Waals surface area contributed by atoms with Gasteiger partial charge in [-0.25, -0.2) is 0 Å². The monoisotopic (exact) mass is 283 g/mol. The van der Waals surface area contributed by atoms with E-state index in [9.17, 15) is 4.79 Å². The van der Waals surface area contributed by atoms with Gasteiger partial charge in [0.25, 0.3) is 0 Å². The van der Waals surface area contributed by atoms with E-state index in [1.54, 1.807) is 6.20 Å². The van der Waals surface area contributed by atoms with Gasteiger partial charge >= 0.3 is 0 Å². The van der Waals surface area contributed by atoms with E-state index in [0.29, 0.717) is 5.78 Å². The van der Waals surface area contributed by atoms with E-state index in [1.807, 2.05) is 30.5 Å². The summed E-state index contributed by atoms with van der Waals surface area (Å²) in [6.45, 7) is 0. The highest BCUT2D eigenvalue weighted by atomic mass is 32.2. The molecule has 3 heteroatoms. The molecule has 1 aromatic heterocycles. The van der Waals surface area contributed by atoms with Gasteiger partial charge in [-0.15, -0.1) is 0 Å². The maximum atomic E-state index is 12.9. The lowest BCUT2D eigenvalue weighted by molar-refractivity contribution is 0.0908. The van der Waals surface area contributed by atoms with Crippen molar-refractivity contribution in [2.75, 3.05) is 0 Å². The Morgan fingerprint density at radius 2 is 1.95 bits per heavy atom. The first-order valence-corrected chi connectivity index (χ1v) is 8.28. The van der Waals surface area contributed by atoms with Crippen molar-refractivity contribution >= 4 is 28.3 Å². The number of carbonyl (C=O) groups excluding carboxylic acids is 1. The summed E-state index contributed by atoms with van der Waals surface area (Å²) in [6, 6.07) is 7.95. The number of fused-ring (bicyclic) bond motifs is 3. The van der Waals surface area contributed by atoms with Gasteiger partial charge in [0.1, 0.15) is 0 Å². The second-order valence-electron chi connectivity index (χ2n) is 5.89. The lowest BCUT2D eigenvalue weighted by atomic mass is 9.88. The molecule has 0 amide bonds. The van der Waals surface area contributed by atoms with Gasteiger partial charge in [-0.2, -0.15) is 11.8 Å². The average Bonchev–Trinajstić information content (AvgIpc) is 2.84. The third kappa shape index (κ3) is 2.05. The van der Waals surface area contributed by atoms with Gasteiger partial charge in [0.15, 0.2) is 5.78 Å². The Kier molecular flexibility index (Phi) is 3.03. The van der Waals surface area contributed by atoms with Crippen LogP contribution in [0.2, 0.25) is 0 Å². The highest BCUT2D eigenvalue weighted by Gasteiger charge is 2.38. The van der Waals surface area contributed by atoms with Crippen LogP contribution in [0, 0.1) is 5.92 Å². The molecular weight excluding hydrogens is 266 g/mol. The van der Waals surface area contributed by atoms with Gasteiger partial charge in [-0.3, -0.25) is 9.78 Å². The summed E-state index contributed by atoms with van der Waals surface area (Å²) in [5.41, 5.74) is 0.890. The van der Waals surface area contributed by atoms with Gasteiger partial charge in [0.2, 0.25) is 0 Å². The van der Waals surface area contributed by atoms with Gasteiger partial charge < -0.3 is 0 Å². The zero-order chi connectivity index (χ0) is 13.5. The van der Waals surface area contributed by atoms with Crippen LogP contribution in [0.1, 0.15) is 36.0 Å². The molecule has 2 fully saturated rings. The molecule has 2 bridgehead atoms. The lowest BCUT2D eigenvalue weighted by Gasteiger charge is -2.26. The van der Waals surface area contributed by atoms with Crippen molar-refractivity contribution in [2.45, 2.75) is 36.2 Å². The number of pyridine rings is 1. The molecule has 4 rings (SSSR count). The summed E-state index contributed by atoms with van der Waals surface area (Å²) >= 11 is 2.11. The highest BCUT2D eigenvalue weighted by molar-refractivity contribution is 8.00. The molecule has 2 aromatic rings. The Hall–Kier alpha value is -1.35. The summed E-state index contributed by atoms with van der Waals surface area (Å²) in [6.07, 6.45) is 8.37. The molecule has 2 aliphatic heterocycles. The number of rotatable bonds is 2. The first kappa shape index (κ1) is 12.4. The molecule has 2 unspecified atom stereocenters. The molecule has 0 spiro atoms. The molecule has 2 nitrogen and oxygen atoms in total. The fourth-order valence-corrected chi connectivity index (χ4v) is 5.40. The lowest BCUT2D eigenvalue weighted by Crippen LogP contribution is -2.24. The predicted octanol–water partition coefficient (Wildman–Crippen LogP) is 4.09. The molecule has 0 saturated carbocycles. The second-order valence-corrected chi connectivity index (χ2v) is 7.50. The molecule has 2 saturated heterocycles. The van der Waals surface area contributed by atoms with Crippen LogP contribution in [0.5, 0.6) is 0 Å². The quantitative estimate of drug-likeness (QED) is 0.777. The standard InChI is InChI=1S/C17H17NOS/c19-17(12-8-13-4-5-14(9-12)20-13)16-3-1-2-11-10-18-7-6-15(11)16/h1-3,6-7,10,12-14H,4-5,8-9H2.